The van der Waals surface area contributed by atoms with Gasteiger partial charge in [-0.1, -0.05) is 23.7 Å². The van der Waals surface area contributed by atoms with Crippen LogP contribution in [-0.2, 0) is 0 Å². The van der Waals surface area contributed by atoms with E-state index < -0.39 is 0 Å². The van der Waals surface area contributed by atoms with E-state index in [0.717, 1.165) is 23.0 Å². The molecule has 0 unspecified atom stereocenters. The molecule has 0 bridgehead atoms. The quantitative estimate of drug-likeness (QED) is 0.755. The average Bonchev–Trinajstić information content (AvgIpc) is 3.16. The predicted molar refractivity (Wildman–Crippen MR) is 72.1 cm³/mol. The van der Waals surface area contributed by atoms with E-state index in [1.807, 2.05) is 0 Å². The van der Waals surface area contributed by atoms with Crippen LogP contribution in [0.4, 0.5) is 4.39 Å². The van der Waals surface area contributed by atoms with Gasteiger partial charge in [0.2, 0.25) is 0 Å². The number of halogens is 3. The maximum atomic E-state index is 13.2. The van der Waals surface area contributed by atoms with Crippen LogP contribution in [0, 0.1) is 5.82 Å². The molecule has 0 spiro atoms. The number of hydrogen-bond acceptors (Lipinski definition) is 2. The van der Waals surface area contributed by atoms with Crippen LogP contribution in [0.25, 0.3) is 11.4 Å². The summed E-state index contributed by atoms with van der Waals surface area (Å²) in [6, 6.07) is 6.22. The van der Waals surface area contributed by atoms with Crippen LogP contribution in [0.15, 0.2) is 28.7 Å². The molecule has 1 aliphatic carbocycles. The Balaban J connectivity index is 2.12. The second-order valence-corrected chi connectivity index (χ2v) is 5.47. The number of nitrogens with zero attached hydrogens (tertiary/aromatic N) is 2. The van der Waals surface area contributed by atoms with Crippen LogP contribution >= 0.6 is 27.5 Å². The Labute approximate surface area is 117 Å². The maximum Gasteiger partial charge on any atom is 0.161 e. The lowest BCUT2D eigenvalue weighted by atomic mass is 10.2. The summed E-state index contributed by atoms with van der Waals surface area (Å²) in [5, 5.41) is 0.381. The Morgan fingerprint density at radius 1 is 1.28 bits per heavy atom. The van der Waals surface area contributed by atoms with Crippen molar-refractivity contribution in [3.8, 4) is 11.4 Å². The van der Waals surface area contributed by atoms with Crippen molar-refractivity contribution in [2.24, 2.45) is 0 Å². The van der Waals surface area contributed by atoms with Gasteiger partial charge in [-0.25, -0.2) is 14.4 Å². The minimum atomic E-state index is -0.303. The molecule has 1 aromatic carbocycles. The van der Waals surface area contributed by atoms with Gasteiger partial charge >= 0.3 is 0 Å². The molecule has 1 fully saturated rings. The van der Waals surface area contributed by atoms with Gasteiger partial charge < -0.3 is 0 Å². The second kappa shape index (κ2) is 4.59. The van der Waals surface area contributed by atoms with E-state index >= 15 is 0 Å². The second-order valence-electron chi connectivity index (χ2n) is 4.32. The van der Waals surface area contributed by atoms with Crippen molar-refractivity contribution < 1.29 is 4.39 Å². The van der Waals surface area contributed by atoms with Crippen molar-refractivity contribution in [2.75, 3.05) is 0 Å². The topological polar surface area (TPSA) is 25.8 Å². The Hall–Kier alpha value is -1.00. The number of aromatic nitrogens is 2. The van der Waals surface area contributed by atoms with Gasteiger partial charge in [0, 0.05) is 11.5 Å². The summed E-state index contributed by atoms with van der Waals surface area (Å²) < 4.78 is 14.0. The molecule has 0 amide bonds. The molecule has 1 aromatic heterocycles. The zero-order valence-corrected chi connectivity index (χ0v) is 11.7. The van der Waals surface area contributed by atoms with Crippen molar-refractivity contribution in [3.05, 3.63) is 45.4 Å². The molecule has 2 aromatic rings. The van der Waals surface area contributed by atoms with E-state index in [1.165, 1.54) is 12.1 Å². The largest absolute Gasteiger partial charge is 0.231 e. The lowest BCUT2D eigenvalue weighted by Gasteiger charge is -2.07. The van der Waals surface area contributed by atoms with Crippen LogP contribution < -0.4 is 0 Å². The predicted octanol–water partition coefficient (Wildman–Crippen LogP) is 4.58. The third kappa shape index (κ3) is 2.27. The zero-order chi connectivity index (χ0) is 12.7. The first-order valence-corrected chi connectivity index (χ1v) is 6.81. The lowest BCUT2D eigenvalue weighted by Crippen LogP contribution is -1.97. The third-order valence-corrected chi connectivity index (χ3v) is 4.17. The van der Waals surface area contributed by atoms with Gasteiger partial charge in [0.1, 0.15) is 11.0 Å². The number of benzene rings is 1. The first kappa shape index (κ1) is 12.1. The highest BCUT2D eigenvalue weighted by molar-refractivity contribution is 9.10. The summed E-state index contributed by atoms with van der Waals surface area (Å²) >= 11 is 9.50. The maximum absolute atomic E-state index is 13.2. The summed E-state index contributed by atoms with van der Waals surface area (Å²) in [6.07, 6.45) is 2.24. The van der Waals surface area contributed by atoms with Crippen LogP contribution in [0.1, 0.15) is 24.5 Å². The standard InChI is InChI=1S/C13H9BrClFN2/c14-10-11(7-4-5-7)17-13(18-12(10)15)8-2-1-3-9(16)6-8/h1-3,6-7H,4-5H2. The molecule has 1 aliphatic rings. The highest BCUT2D eigenvalue weighted by atomic mass is 79.9. The molecular weight excluding hydrogens is 319 g/mol. The van der Waals surface area contributed by atoms with E-state index in [-0.39, 0.29) is 5.82 Å². The van der Waals surface area contributed by atoms with Gasteiger partial charge in [0.05, 0.1) is 10.2 Å². The molecule has 0 radical (unpaired) electrons. The van der Waals surface area contributed by atoms with Crippen LogP contribution in [0.3, 0.4) is 0 Å². The fourth-order valence-electron chi connectivity index (χ4n) is 1.82. The number of hydrogen-bond donors (Lipinski definition) is 0. The summed E-state index contributed by atoms with van der Waals surface area (Å²) in [7, 11) is 0. The van der Waals surface area contributed by atoms with Gasteiger partial charge in [0.15, 0.2) is 5.82 Å². The van der Waals surface area contributed by atoms with Crippen molar-refractivity contribution in [1.29, 1.82) is 0 Å². The van der Waals surface area contributed by atoms with Gasteiger partial charge in [-0.3, -0.25) is 0 Å². The summed E-state index contributed by atoms with van der Waals surface area (Å²) in [5.41, 5.74) is 1.57. The average molecular weight is 328 g/mol. The summed E-state index contributed by atoms with van der Waals surface area (Å²) in [4.78, 5) is 8.69. The monoisotopic (exact) mass is 326 g/mol. The first-order chi connectivity index (χ1) is 8.65. The molecule has 3 rings (SSSR count). The molecule has 1 heterocycles. The van der Waals surface area contributed by atoms with Gasteiger partial charge in [-0.15, -0.1) is 0 Å². The Kier molecular flexibility index (Phi) is 3.08. The van der Waals surface area contributed by atoms with E-state index in [1.54, 1.807) is 12.1 Å². The molecule has 0 atom stereocenters. The molecule has 5 heteroatoms. The van der Waals surface area contributed by atoms with Crippen molar-refractivity contribution in [2.45, 2.75) is 18.8 Å². The van der Waals surface area contributed by atoms with Gasteiger partial charge in [0.25, 0.3) is 0 Å². The minimum absolute atomic E-state index is 0.303. The summed E-state index contributed by atoms with van der Waals surface area (Å²) in [6.45, 7) is 0. The zero-order valence-electron chi connectivity index (χ0n) is 9.33. The molecule has 0 N–H and O–H groups in total. The fourth-order valence-corrected chi connectivity index (χ4v) is 2.50. The lowest BCUT2D eigenvalue weighted by molar-refractivity contribution is 0.628. The first-order valence-electron chi connectivity index (χ1n) is 5.64. The van der Waals surface area contributed by atoms with E-state index in [0.29, 0.717) is 22.5 Å². The van der Waals surface area contributed by atoms with Crippen molar-refractivity contribution in [1.82, 2.24) is 9.97 Å². The highest BCUT2D eigenvalue weighted by Crippen LogP contribution is 2.44. The molecule has 0 aliphatic heterocycles. The van der Waals surface area contributed by atoms with Gasteiger partial charge in [-0.2, -0.15) is 0 Å². The fraction of sp³-hybridized carbons (Fsp3) is 0.231. The molecule has 92 valence electrons. The normalized spacial score (nSPS) is 14.8. The molecule has 2 nitrogen and oxygen atoms in total. The van der Waals surface area contributed by atoms with Crippen LogP contribution in [0.2, 0.25) is 5.15 Å². The van der Waals surface area contributed by atoms with Crippen molar-refractivity contribution >= 4 is 27.5 Å². The smallest absolute Gasteiger partial charge is 0.161 e. The Morgan fingerprint density at radius 2 is 2.06 bits per heavy atom. The molecule has 0 saturated heterocycles. The minimum Gasteiger partial charge on any atom is -0.231 e. The van der Waals surface area contributed by atoms with Crippen LogP contribution in [-0.4, -0.2) is 9.97 Å². The molecule has 1 saturated carbocycles. The van der Waals surface area contributed by atoms with Crippen molar-refractivity contribution in [3.63, 3.8) is 0 Å². The Morgan fingerprint density at radius 3 is 2.72 bits per heavy atom. The third-order valence-electron chi connectivity index (χ3n) is 2.88. The van der Waals surface area contributed by atoms with Gasteiger partial charge in [-0.05, 0) is 40.9 Å². The van der Waals surface area contributed by atoms with E-state index in [2.05, 4.69) is 25.9 Å². The van der Waals surface area contributed by atoms with Crippen LogP contribution in [0.5, 0.6) is 0 Å². The Bertz CT molecular complexity index is 614. The number of rotatable bonds is 2. The molecular formula is C13H9BrClFN2. The van der Waals surface area contributed by atoms with E-state index in [9.17, 15) is 4.39 Å². The van der Waals surface area contributed by atoms with E-state index in [4.69, 9.17) is 11.6 Å². The SMILES string of the molecule is Fc1cccc(-c2nc(Cl)c(Br)c(C3CC3)n2)c1. The summed E-state index contributed by atoms with van der Waals surface area (Å²) in [5.74, 6) is 0.625. The highest BCUT2D eigenvalue weighted by Gasteiger charge is 2.29. The molecule has 18 heavy (non-hydrogen) atoms.